The molecule has 2 heterocycles. The highest BCUT2D eigenvalue weighted by Crippen LogP contribution is 2.23. The first-order valence-electron chi connectivity index (χ1n) is 4.79. The van der Waals surface area contributed by atoms with E-state index in [1.807, 2.05) is 25.3 Å². The molecule has 0 amide bonds. The molecule has 2 N–H and O–H groups in total. The third-order valence-corrected chi connectivity index (χ3v) is 2.39. The summed E-state index contributed by atoms with van der Waals surface area (Å²) in [7, 11) is 0. The molecule has 6 nitrogen and oxygen atoms in total. The molecule has 0 spiro atoms. The standard InChI is InChI=1S/C10H9N5O/c1-6-4-5-15(12-6)8-3-2-7(11)9-10(8)14-16-13-9/h2-5H,11H2,1H3. The van der Waals surface area contributed by atoms with Gasteiger partial charge in [0.2, 0.25) is 0 Å². The molecule has 0 aliphatic heterocycles. The van der Waals surface area contributed by atoms with E-state index in [-0.39, 0.29) is 0 Å². The number of aromatic nitrogens is 4. The maximum absolute atomic E-state index is 5.76. The van der Waals surface area contributed by atoms with Crippen molar-refractivity contribution in [1.82, 2.24) is 20.1 Å². The van der Waals surface area contributed by atoms with Crippen LogP contribution in [0.2, 0.25) is 0 Å². The summed E-state index contributed by atoms with van der Waals surface area (Å²) in [5, 5.41) is 11.9. The monoisotopic (exact) mass is 215 g/mol. The zero-order valence-electron chi connectivity index (χ0n) is 8.58. The van der Waals surface area contributed by atoms with Crippen LogP contribution >= 0.6 is 0 Å². The molecule has 0 aliphatic carbocycles. The normalized spacial score (nSPS) is 11.1. The van der Waals surface area contributed by atoms with Gasteiger partial charge in [0.1, 0.15) is 0 Å². The Morgan fingerprint density at radius 2 is 2.00 bits per heavy atom. The van der Waals surface area contributed by atoms with Gasteiger partial charge >= 0.3 is 0 Å². The Balaban J connectivity index is 2.32. The highest BCUT2D eigenvalue weighted by atomic mass is 16.6. The van der Waals surface area contributed by atoms with Crippen molar-refractivity contribution in [3.63, 3.8) is 0 Å². The molecule has 0 radical (unpaired) electrons. The summed E-state index contributed by atoms with van der Waals surface area (Å²) in [5.74, 6) is 0. The van der Waals surface area contributed by atoms with E-state index in [1.54, 1.807) is 10.7 Å². The quantitative estimate of drug-likeness (QED) is 0.618. The Kier molecular flexibility index (Phi) is 1.70. The molecule has 3 rings (SSSR count). The number of aryl methyl sites for hydroxylation is 1. The van der Waals surface area contributed by atoms with Crippen LogP contribution in [0.1, 0.15) is 5.69 Å². The largest absolute Gasteiger partial charge is 0.397 e. The van der Waals surface area contributed by atoms with Crippen molar-refractivity contribution in [3.8, 4) is 5.69 Å². The fourth-order valence-corrected chi connectivity index (χ4v) is 1.61. The zero-order chi connectivity index (χ0) is 11.1. The topological polar surface area (TPSA) is 82.8 Å². The van der Waals surface area contributed by atoms with Gasteiger partial charge in [-0.25, -0.2) is 9.31 Å². The lowest BCUT2D eigenvalue weighted by Crippen LogP contribution is -1.97. The summed E-state index contributed by atoms with van der Waals surface area (Å²) >= 11 is 0. The molecule has 0 bridgehead atoms. The van der Waals surface area contributed by atoms with Crippen molar-refractivity contribution >= 4 is 16.7 Å². The number of hydrogen-bond acceptors (Lipinski definition) is 5. The van der Waals surface area contributed by atoms with E-state index in [0.717, 1.165) is 11.4 Å². The Morgan fingerprint density at radius 1 is 1.19 bits per heavy atom. The number of hydrogen-bond donors (Lipinski definition) is 1. The lowest BCUT2D eigenvalue weighted by Gasteiger charge is -2.01. The highest BCUT2D eigenvalue weighted by molar-refractivity contribution is 5.91. The van der Waals surface area contributed by atoms with Crippen molar-refractivity contribution in [2.45, 2.75) is 6.92 Å². The molecule has 0 saturated carbocycles. The predicted octanol–water partition coefficient (Wildman–Crippen LogP) is 1.30. The van der Waals surface area contributed by atoms with Crippen LogP contribution in [0.25, 0.3) is 16.7 Å². The van der Waals surface area contributed by atoms with E-state index in [9.17, 15) is 0 Å². The van der Waals surface area contributed by atoms with Gasteiger partial charge in [-0.3, -0.25) is 0 Å². The van der Waals surface area contributed by atoms with Crippen molar-refractivity contribution in [2.24, 2.45) is 0 Å². The van der Waals surface area contributed by atoms with Crippen molar-refractivity contribution < 1.29 is 4.63 Å². The molecule has 16 heavy (non-hydrogen) atoms. The second-order valence-electron chi connectivity index (χ2n) is 3.54. The molecule has 6 heteroatoms. The fraction of sp³-hybridized carbons (Fsp3) is 0.100. The van der Waals surface area contributed by atoms with Crippen LogP contribution in [-0.2, 0) is 0 Å². The van der Waals surface area contributed by atoms with Crippen LogP contribution in [0, 0.1) is 6.92 Å². The predicted molar refractivity (Wildman–Crippen MR) is 58.1 cm³/mol. The van der Waals surface area contributed by atoms with Crippen molar-refractivity contribution in [3.05, 3.63) is 30.1 Å². The van der Waals surface area contributed by atoms with Crippen LogP contribution in [-0.4, -0.2) is 20.1 Å². The molecule has 3 aromatic rings. The SMILES string of the molecule is Cc1ccn(-c2ccc(N)c3nonc23)n1. The Hall–Kier alpha value is -2.37. The second-order valence-corrected chi connectivity index (χ2v) is 3.54. The number of fused-ring (bicyclic) bond motifs is 1. The zero-order valence-corrected chi connectivity index (χ0v) is 8.58. The summed E-state index contributed by atoms with van der Waals surface area (Å²) in [6.45, 7) is 1.92. The molecular weight excluding hydrogens is 206 g/mol. The lowest BCUT2D eigenvalue weighted by atomic mass is 10.2. The van der Waals surface area contributed by atoms with Crippen LogP contribution in [0.3, 0.4) is 0 Å². The molecule has 0 atom stereocenters. The third-order valence-electron chi connectivity index (χ3n) is 2.39. The van der Waals surface area contributed by atoms with Gasteiger partial charge in [-0.1, -0.05) is 0 Å². The van der Waals surface area contributed by atoms with Crippen molar-refractivity contribution in [2.75, 3.05) is 5.73 Å². The minimum absolute atomic E-state index is 0.545. The minimum Gasteiger partial charge on any atom is -0.397 e. The van der Waals surface area contributed by atoms with Crippen LogP contribution in [0.15, 0.2) is 29.0 Å². The number of anilines is 1. The van der Waals surface area contributed by atoms with E-state index in [4.69, 9.17) is 10.4 Å². The summed E-state index contributed by atoms with van der Waals surface area (Å²) in [5.41, 5.74) is 9.22. The fourth-order valence-electron chi connectivity index (χ4n) is 1.61. The second kappa shape index (κ2) is 3.06. The number of nitrogen functional groups attached to an aromatic ring is 1. The maximum Gasteiger partial charge on any atom is 0.162 e. The van der Waals surface area contributed by atoms with E-state index in [2.05, 4.69) is 15.4 Å². The Morgan fingerprint density at radius 3 is 2.75 bits per heavy atom. The number of nitrogens with two attached hydrogens (primary N) is 1. The van der Waals surface area contributed by atoms with Crippen LogP contribution in [0.4, 0.5) is 5.69 Å². The summed E-state index contributed by atoms with van der Waals surface area (Å²) in [4.78, 5) is 0. The van der Waals surface area contributed by atoms with E-state index >= 15 is 0 Å². The van der Waals surface area contributed by atoms with Gasteiger partial charge in [-0.2, -0.15) is 5.10 Å². The molecule has 0 unspecified atom stereocenters. The molecule has 0 aliphatic rings. The van der Waals surface area contributed by atoms with Gasteiger partial charge in [0.05, 0.1) is 17.1 Å². The lowest BCUT2D eigenvalue weighted by molar-refractivity contribution is 0.315. The van der Waals surface area contributed by atoms with Gasteiger partial charge in [0, 0.05) is 6.20 Å². The van der Waals surface area contributed by atoms with Gasteiger partial charge in [0.25, 0.3) is 0 Å². The van der Waals surface area contributed by atoms with E-state index in [0.29, 0.717) is 16.7 Å². The molecule has 0 saturated heterocycles. The molecule has 2 aromatic heterocycles. The minimum atomic E-state index is 0.545. The smallest absolute Gasteiger partial charge is 0.162 e. The average molecular weight is 215 g/mol. The van der Waals surface area contributed by atoms with Crippen LogP contribution < -0.4 is 5.73 Å². The first-order valence-corrected chi connectivity index (χ1v) is 4.79. The molecular formula is C10H9N5O. The maximum atomic E-state index is 5.76. The van der Waals surface area contributed by atoms with Gasteiger partial charge < -0.3 is 5.73 Å². The van der Waals surface area contributed by atoms with Crippen molar-refractivity contribution in [1.29, 1.82) is 0 Å². The van der Waals surface area contributed by atoms with Gasteiger partial charge in [0.15, 0.2) is 11.0 Å². The number of nitrogens with zero attached hydrogens (tertiary/aromatic N) is 4. The highest BCUT2D eigenvalue weighted by Gasteiger charge is 2.11. The summed E-state index contributed by atoms with van der Waals surface area (Å²) in [6, 6.07) is 5.52. The Labute approximate surface area is 90.6 Å². The van der Waals surface area contributed by atoms with Crippen LogP contribution in [0.5, 0.6) is 0 Å². The molecule has 1 aromatic carbocycles. The first kappa shape index (κ1) is 8.90. The Bertz CT molecular complexity index is 654. The average Bonchev–Trinajstić information content (AvgIpc) is 2.87. The van der Waals surface area contributed by atoms with Gasteiger partial charge in [-0.05, 0) is 35.4 Å². The van der Waals surface area contributed by atoms with E-state index < -0.39 is 0 Å². The molecule has 80 valence electrons. The summed E-state index contributed by atoms with van der Waals surface area (Å²) in [6.07, 6.45) is 1.86. The number of benzene rings is 1. The van der Waals surface area contributed by atoms with E-state index in [1.165, 1.54) is 0 Å². The van der Waals surface area contributed by atoms with Gasteiger partial charge in [-0.15, -0.1) is 0 Å². The number of rotatable bonds is 1. The first-order chi connectivity index (χ1) is 7.75. The third kappa shape index (κ3) is 1.16. The summed E-state index contributed by atoms with van der Waals surface area (Å²) < 4.78 is 6.42. The molecule has 0 fully saturated rings.